The van der Waals surface area contributed by atoms with Crippen LogP contribution in [0, 0.1) is 0 Å². The molecule has 22 heteroatoms. The molecule has 64 heavy (non-hydrogen) atoms. The molecule has 3 aromatic rings. The highest BCUT2D eigenvalue weighted by Gasteiger charge is 2.43. The zero-order chi connectivity index (χ0) is 47.7. The molecule has 0 unspecified atom stereocenters. The molecule has 0 bridgehead atoms. The lowest BCUT2D eigenvalue weighted by Gasteiger charge is -2.45. The normalized spacial score (nSPS) is 17.8. The van der Waals surface area contributed by atoms with E-state index in [4.69, 9.17) is 0 Å². The number of anilines is 1. The van der Waals surface area contributed by atoms with Crippen molar-refractivity contribution in [2.24, 2.45) is 7.05 Å². The zero-order valence-corrected chi connectivity index (χ0v) is 40.0. The molecule has 1 aromatic heterocycles. The average molecular weight is 969 g/mol. The summed E-state index contributed by atoms with van der Waals surface area (Å²) in [5.41, 5.74) is 1.57. The Morgan fingerprint density at radius 1 is 0.688 bits per heavy atom. The van der Waals surface area contributed by atoms with E-state index in [9.17, 15) is 61.8 Å². The number of carboxylic acids is 1. The molecule has 0 fully saturated rings. The van der Waals surface area contributed by atoms with Crippen LogP contribution < -0.4 is 24.6 Å². The molecule has 18 nitrogen and oxygen atoms in total. The summed E-state index contributed by atoms with van der Waals surface area (Å²) in [5, 5.41) is 10.8. The summed E-state index contributed by atoms with van der Waals surface area (Å²) in [6, 6.07) is 7.42. The van der Waals surface area contributed by atoms with E-state index in [0.717, 1.165) is 5.56 Å². The van der Waals surface area contributed by atoms with Gasteiger partial charge in [-0.1, -0.05) is 19.9 Å². The van der Waals surface area contributed by atoms with Crippen LogP contribution in [0.2, 0.25) is 0 Å². The summed E-state index contributed by atoms with van der Waals surface area (Å²) >= 11 is 0. The summed E-state index contributed by atoms with van der Waals surface area (Å²) in [5.74, 6) is -3.02. The highest BCUT2D eigenvalue weighted by molar-refractivity contribution is 7.86. The lowest BCUT2D eigenvalue weighted by Crippen LogP contribution is -2.52. The Morgan fingerprint density at radius 3 is 1.88 bits per heavy atom. The van der Waals surface area contributed by atoms with Gasteiger partial charge in [0.05, 0.1) is 48.2 Å². The van der Waals surface area contributed by atoms with Crippen LogP contribution in [0.4, 0.5) is 5.69 Å². The number of aromatic nitrogens is 2. The summed E-state index contributed by atoms with van der Waals surface area (Å²) in [6.45, 7) is 11.5. The Labute approximate surface area is 373 Å². The highest BCUT2D eigenvalue weighted by Crippen LogP contribution is 2.47. The topological polar surface area (TPSA) is 270 Å². The van der Waals surface area contributed by atoms with E-state index in [1.54, 1.807) is 56.4 Å². The number of rotatable bonds is 17. The van der Waals surface area contributed by atoms with Crippen molar-refractivity contribution < 1.29 is 66.4 Å². The fraction of sp³-hybridized carbons (Fsp3) is 0.500. The van der Waals surface area contributed by atoms with Crippen LogP contribution >= 0.6 is 0 Å². The molecule has 0 amide bonds. The number of unbranched alkanes of at least 4 members (excludes halogenated alkanes) is 1. The minimum Gasteiger partial charge on any atom is -0.481 e. The third-order valence-electron chi connectivity index (χ3n) is 12.2. The molecule has 0 atom stereocenters. The Balaban J connectivity index is 1.79. The minimum atomic E-state index is -4.63. The number of imidazole rings is 1. The second kappa shape index (κ2) is 16.9. The van der Waals surface area contributed by atoms with Gasteiger partial charge in [-0.05, 0) is 84.0 Å². The predicted molar refractivity (Wildman–Crippen MR) is 241 cm³/mol. The van der Waals surface area contributed by atoms with E-state index in [1.165, 1.54) is 0 Å². The highest BCUT2D eigenvalue weighted by atomic mass is 32.2. The monoisotopic (exact) mass is 968 g/mol. The smallest absolute Gasteiger partial charge is 0.303 e. The number of carboxylic acid groups (broad SMARTS) is 1. The van der Waals surface area contributed by atoms with Gasteiger partial charge in [0, 0.05) is 49.5 Å². The second-order valence-corrected chi connectivity index (χ2v) is 24.5. The Bertz CT molecular complexity index is 3110. The average Bonchev–Trinajstić information content (AvgIpc) is 3.47. The molecular formula is C42H56N4O14S4+2. The molecule has 3 aliphatic rings. The molecule has 350 valence electrons. The Kier molecular flexibility index (Phi) is 12.9. The van der Waals surface area contributed by atoms with Gasteiger partial charge in [-0.3, -0.25) is 23.0 Å². The van der Waals surface area contributed by atoms with Crippen molar-refractivity contribution in [1.82, 2.24) is 9.14 Å². The lowest BCUT2D eigenvalue weighted by molar-refractivity contribution is -0.698. The van der Waals surface area contributed by atoms with Gasteiger partial charge in [-0.25, -0.2) is 13.7 Å². The summed E-state index contributed by atoms with van der Waals surface area (Å²) in [4.78, 5) is 13.4. The third kappa shape index (κ3) is 10.5. The maximum Gasteiger partial charge on any atom is 0.303 e. The lowest BCUT2D eigenvalue weighted by atomic mass is 9.68. The molecule has 2 aromatic carbocycles. The quantitative estimate of drug-likeness (QED) is 0.0736. The molecule has 6 rings (SSSR count). The summed E-state index contributed by atoms with van der Waals surface area (Å²) < 4.78 is 144. The first-order chi connectivity index (χ1) is 29.2. The van der Waals surface area contributed by atoms with Crippen molar-refractivity contribution in [3.05, 3.63) is 93.0 Å². The number of hydrogen-bond acceptors (Lipinski definition) is 10. The standard InChI is InChI=1S/C42H54N4O14S4/c1-40(2)23-27(25-63(55,56)57)29-19-31-33(21-35(29)45(40)13-10-11-37(47)48)42(5,6)34-22-36-30(28(26-64(58,59)60)24-41(3,4)46(36)16-18-62(52,53)54)20-32(34)38(31)39-43(7)14-15-44(39)12-8-9-17-61(49,50)51/h14-15,19-24H,8-13,16-18,25-26H2,1-7H3,(H3-2,47,48,49,50,51,52,53,54,55,56,57,58,59,60)/p+2. The number of nitrogens with zero attached hydrogens (tertiary/aromatic N) is 4. The summed E-state index contributed by atoms with van der Waals surface area (Å²) in [6.07, 6.45) is 7.53. The third-order valence-corrected chi connectivity index (χ3v) is 15.1. The number of fused-ring (bicyclic) bond motifs is 4. The van der Waals surface area contributed by atoms with E-state index < -0.39 is 85.9 Å². The molecule has 0 radical (unpaired) electrons. The SMILES string of the molecule is Cn1cc[n+](CCCCS(=O)(=O)O)c1C1=c2cc3c(cc2C(C)(C)c2cc4c(cc21)C(CS(=O)(=O)O)=CC(C)(C)N4CCS(=O)(=O)O)=[N+](CCCC(=O)O)C(C)(C)C=C3CS(=O)(=O)O. The molecule has 0 saturated heterocycles. The first-order valence-electron chi connectivity index (χ1n) is 20.5. The zero-order valence-electron chi connectivity index (χ0n) is 36.7. The van der Waals surface area contributed by atoms with E-state index in [-0.39, 0.29) is 44.5 Å². The first kappa shape index (κ1) is 49.2. The van der Waals surface area contributed by atoms with Crippen molar-refractivity contribution in [3.8, 4) is 0 Å². The van der Waals surface area contributed by atoms with Crippen LogP contribution in [0.3, 0.4) is 0 Å². The number of carbonyl (C=O) groups is 1. The number of aryl methyl sites for hydroxylation is 2. The molecular weight excluding hydrogens is 913 g/mol. The van der Waals surface area contributed by atoms with Gasteiger partial charge >= 0.3 is 5.97 Å². The second-order valence-electron chi connectivity index (χ2n) is 18.4. The number of aliphatic carboxylic acids is 1. The molecule has 1 aliphatic carbocycles. The predicted octanol–water partition coefficient (Wildman–Crippen LogP) is 2.04. The maximum atomic E-state index is 12.6. The Hall–Kier alpha value is -4.29. The van der Waals surface area contributed by atoms with Crippen molar-refractivity contribution in [2.75, 3.05) is 41.0 Å². The van der Waals surface area contributed by atoms with E-state index in [2.05, 4.69) is 0 Å². The van der Waals surface area contributed by atoms with Gasteiger partial charge in [0.1, 0.15) is 30.4 Å². The van der Waals surface area contributed by atoms with Crippen molar-refractivity contribution in [3.63, 3.8) is 0 Å². The van der Waals surface area contributed by atoms with Crippen LogP contribution in [0.5, 0.6) is 0 Å². The van der Waals surface area contributed by atoms with Crippen molar-refractivity contribution in [1.29, 1.82) is 0 Å². The maximum absolute atomic E-state index is 12.6. The van der Waals surface area contributed by atoms with Crippen molar-refractivity contribution in [2.45, 2.75) is 90.3 Å². The van der Waals surface area contributed by atoms with Gasteiger partial charge in [0.25, 0.3) is 46.3 Å². The van der Waals surface area contributed by atoms with Crippen LogP contribution in [0.25, 0.3) is 16.7 Å². The van der Waals surface area contributed by atoms with E-state index in [1.807, 2.05) is 59.6 Å². The molecule has 2 aliphatic heterocycles. The molecule has 0 spiro atoms. The van der Waals surface area contributed by atoms with Gasteiger partial charge in [-0.2, -0.15) is 33.7 Å². The van der Waals surface area contributed by atoms with Crippen LogP contribution in [0.15, 0.2) is 48.8 Å². The fourth-order valence-electron chi connectivity index (χ4n) is 9.54. The molecule has 3 heterocycles. The summed E-state index contributed by atoms with van der Waals surface area (Å²) in [7, 11) is -16.1. The minimum absolute atomic E-state index is 0.132. The first-order valence-corrected chi connectivity index (χ1v) is 26.9. The fourth-order valence-corrected chi connectivity index (χ4v) is 11.8. The van der Waals surface area contributed by atoms with Gasteiger partial charge in [0.15, 0.2) is 5.54 Å². The van der Waals surface area contributed by atoms with Crippen LogP contribution in [-0.2, 0) is 64.3 Å². The van der Waals surface area contributed by atoms with Gasteiger partial charge < -0.3 is 10.0 Å². The Morgan fingerprint density at radius 2 is 1.30 bits per heavy atom. The van der Waals surface area contributed by atoms with Crippen LogP contribution in [0.1, 0.15) is 101 Å². The van der Waals surface area contributed by atoms with Crippen LogP contribution in [-0.4, -0.2) is 115 Å². The van der Waals surface area contributed by atoms with E-state index in [0.29, 0.717) is 61.9 Å². The number of hydrogen-bond donors (Lipinski definition) is 5. The van der Waals surface area contributed by atoms with E-state index >= 15 is 0 Å². The number of benzene rings is 2. The molecule has 0 saturated carbocycles. The van der Waals surface area contributed by atoms with Gasteiger partial charge in [-0.15, -0.1) is 0 Å². The van der Waals surface area contributed by atoms with Gasteiger partial charge in [0.2, 0.25) is 5.36 Å². The largest absolute Gasteiger partial charge is 0.481 e. The molecule has 5 N–H and O–H groups in total. The van der Waals surface area contributed by atoms with Crippen molar-refractivity contribution >= 4 is 68.8 Å².